The summed E-state index contributed by atoms with van der Waals surface area (Å²) >= 11 is 1.69. The summed E-state index contributed by atoms with van der Waals surface area (Å²) in [5.41, 5.74) is 2.51. The fourth-order valence-corrected chi connectivity index (χ4v) is 3.33. The van der Waals surface area contributed by atoms with Crippen LogP contribution >= 0.6 is 11.3 Å². The standard InChI is InChI=1S/C16H21N3S/c1-13(16-17-9-12-20-16)18-14-5-7-15(8-6-14)19-10-3-2-4-11-19/h5-9,12-13,18H,2-4,10-11H2,1H3. The van der Waals surface area contributed by atoms with E-state index in [4.69, 9.17) is 0 Å². The molecule has 1 unspecified atom stereocenters. The first kappa shape index (κ1) is 13.4. The molecule has 1 aliphatic rings. The number of anilines is 2. The SMILES string of the molecule is CC(Nc1ccc(N2CCCCC2)cc1)c1nccs1. The summed E-state index contributed by atoms with van der Waals surface area (Å²) in [5.74, 6) is 0. The Balaban J connectivity index is 1.63. The second-order valence-electron chi connectivity index (χ2n) is 5.33. The first-order chi connectivity index (χ1) is 9.83. The third kappa shape index (κ3) is 3.12. The first-order valence-electron chi connectivity index (χ1n) is 7.34. The lowest BCUT2D eigenvalue weighted by Crippen LogP contribution is -2.29. The van der Waals surface area contributed by atoms with Gasteiger partial charge in [0.1, 0.15) is 5.01 Å². The normalized spacial score (nSPS) is 16.9. The van der Waals surface area contributed by atoms with Crippen LogP contribution in [-0.2, 0) is 0 Å². The molecule has 4 heteroatoms. The molecule has 0 bridgehead atoms. The fourth-order valence-electron chi connectivity index (χ4n) is 2.68. The van der Waals surface area contributed by atoms with Gasteiger partial charge < -0.3 is 10.2 Å². The van der Waals surface area contributed by atoms with Gasteiger partial charge in [-0.25, -0.2) is 4.98 Å². The van der Waals surface area contributed by atoms with E-state index in [1.807, 2.05) is 11.6 Å². The van der Waals surface area contributed by atoms with Gasteiger partial charge in [-0.1, -0.05) is 0 Å². The zero-order valence-corrected chi connectivity index (χ0v) is 12.7. The first-order valence-corrected chi connectivity index (χ1v) is 8.22. The molecule has 0 amide bonds. The highest BCUT2D eigenvalue weighted by Crippen LogP contribution is 2.24. The minimum absolute atomic E-state index is 0.260. The van der Waals surface area contributed by atoms with Crippen molar-refractivity contribution < 1.29 is 0 Å². The molecule has 1 aromatic carbocycles. The molecule has 2 heterocycles. The van der Waals surface area contributed by atoms with Crippen LogP contribution in [0.2, 0.25) is 0 Å². The van der Waals surface area contributed by atoms with Crippen molar-refractivity contribution >= 4 is 22.7 Å². The number of nitrogens with zero attached hydrogens (tertiary/aromatic N) is 2. The molecule has 3 rings (SSSR count). The van der Waals surface area contributed by atoms with E-state index in [2.05, 4.69) is 46.4 Å². The maximum Gasteiger partial charge on any atom is 0.115 e. The second kappa shape index (κ2) is 6.27. The molecule has 1 saturated heterocycles. The Morgan fingerprint density at radius 2 is 1.90 bits per heavy atom. The van der Waals surface area contributed by atoms with Gasteiger partial charge in [-0.05, 0) is 50.5 Å². The number of piperidine rings is 1. The van der Waals surface area contributed by atoms with Gasteiger partial charge in [-0.2, -0.15) is 0 Å². The van der Waals surface area contributed by atoms with Crippen LogP contribution in [0.5, 0.6) is 0 Å². The summed E-state index contributed by atoms with van der Waals surface area (Å²) in [6, 6.07) is 9.06. The summed E-state index contributed by atoms with van der Waals surface area (Å²) < 4.78 is 0. The average Bonchev–Trinajstić information content (AvgIpc) is 3.03. The zero-order chi connectivity index (χ0) is 13.8. The number of aromatic nitrogens is 1. The smallest absolute Gasteiger partial charge is 0.115 e. The second-order valence-corrected chi connectivity index (χ2v) is 6.26. The van der Waals surface area contributed by atoms with Crippen LogP contribution < -0.4 is 10.2 Å². The lowest BCUT2D eigenvalue weighted by atomic mass is 10.1. The lowest BCUT2D eigenvalue weighted by Gasteiger charge is -2.29. The summed E-state index contributed by atoms with van der Waals surface area (Å²) in [4.78, 5) is 6.83. The number of benzene rings is 1. The number of thiazole rings is 1. The lowest BCUT2D eigenvalue weighted by molar-refractivity contribution is 0.578. The van der Waals surface area contributed by atoms with E-state index >= 15 is 0 Å². The molecule has 106 valence electrons. The van der Waals surface area contributed by atoms with Gasteiger partial charge in [-0.3, -0.25) is 0 Å². The van der Waals surface area contributed by atoms with Crippen molar-refractivity contribution in [1.82, 2.24) is 4.98 Å². The molecule has 0 radical (unpaired) electrons. The Morgan fingerprint density at radius 1 is 1.15 bits per heavy atom. The zero-order valence-electron chi connectivity index (χ0n) is 11.9. The highest BCUT2D eigenvalue weighted by molar-refractivity contribution is 7.09. The van der Waals surface area contributed by atoms with Crippen LogP contribution in [0.1, 0.15) is 37.2 Å². The van der Waals surface area contributed by atoms with E-state index in [9.17, 15) is 0 Å². The maximum atomic E-state index is 4.35. The third-order valence-corrected chi connectivity index (χ3v) is 4.75. The molecule has 1 atom stereocenters. The average molecular weight is 287 g/mol. The largest absolute Gasteiger partial charge is 0.376 e. The molecule has 0 saturated carbocycles. The summed E-state index contributed by atoms with van der Waals surface area (Å²) in [6.07, 6.45) is 5.88. The van der Waals surface area contributed by atoms with Crippen LogP contribution in [0.15, 0.2) is 35.8 Å². The molecule has 1 fully saturated rings. The van der Waals surface area contributed by atoms with Crippen molar-refractivity contribution in [2.24, 2.45) is 0 Å². The van der Waals surface area contributed by atoms with E-state index < -0.39 is 0 Å². The number of hydrogen-bond acceptors (Lipinski definition) is 4. The van der Waals surface area contributed by atoms with Gasteiger partial charge in [-0.15, -0.1) is 11.3 Å². The van der Waals surface area contributed by atoms with E-state index in [-0.39, 0.29) is 6.04 Å². The van der Waals surface area contributed by atoms with Crippen LogP contribution in [-0.4, -0.2) is 18.1 Å². The van der Waals surface area contributed by atoms with Crippen LogP contribution in [0.3, 0.4) is 0 Å². The summed E-state index contributed by atoms with van der Waals surface area (Å²) in [5, 5.41) is 6.65. The van der Waals surface area contributed by atoms with Gasteiger partial charge in [0.15, 0.2) is 0 Å². The Morgan fingerprint density at radius 3 is 2.55 bits per heavy atom. The van der Waals surface area contributed by atoms with Gasteiger partial charge in [0, 0.05) is 36.0 Å². The van der Waals surface area contributed by atoms with Crippen molar-refractivity contribution in [2.75, 3.05) is 23.3 Å². The molecule has 1 aromatic heterocycles. The van der Waals surface area contributed by atoms with Gasteiger partial charge >= 0.3 is 0 Å². The third-order valence-electron chi connectivity index (χ3n) is 3.79. The number of rotatable bonds is 4. The molecular formula is C16H21N3S. The monoisotopic (exact) mass is 287 g/mol. The molecule has 20 heavy (non-hydrogen) atoms. The molecule has 1 N–H and O–H groups in total. The van der Waals surface area contributed by atoms with Gasteiger partial charge in [0.25, 0.3) is 0 Å². The summed E-state index contributed by atoms with van der Waals surface area (Å²) in [7, 11) is 0. The van der Waals surface area contributed by atoms with Crippen molar-refractivity contribution in [3.8, 4) is 0 Å². The van der Waals surface area contributed by atoms with Gasteiger partial charge in [0.2, 0.25) is 0 Å². The highest BCUT2D eigenvalue weighted by atomic mass is 32.1. The Labute approximate surface area is 124 Å². The minimum atomic E-state index is 0.260. The predicted molar refractivity (Wildman–Crippen MR) is 86.7 cm³/mol. The minimum Gasteiger partial charge on any atom is -0.376 e. The van der Waals surface area contributed by atoms with Crippen molar-refractivity contribution in [3.05, 3.63) is 40.8 Å². The van der Waals surface area contributed by atoms with E-state index in [0.29, 0.717) is 0 Å². The van der Waals surface area contributed by atoms with E-state index in [1.165, 1.54) is 38.0 Å². The van der Waals surface area contributed by atoms with Gasteiger partial charge in [0.05, 0.1) is 6.04 Å². The van der Waals surface area contributed by atoms with Crippen LogP contribution in [0, 0.1) is 0 Å². The molecule has 0 aliphatic carbocycles. The quantitative estimate of drug-likeness (QED) is 0.908. The molecule has 1 aliphatic heterocycles. The summed E-state index contributed by atoms with van der Waals surface area (Å²) in [6.45, 7) is 4.54. The molecular weight excluding hydrogens is 266 g/mol. The van der Waals surface area contributed by atoms with E-state index in [1.54, 1.807) is 11.3 Å². The molecule has 0 spiro atoms. The fraction of sp³-hybridized carbons (Fsp3) is 0.438. The number of hydrogen-bond donors (Lipinski definition) is 1. The topological polar surface area (TPSA) is 28.2 Å². The highest BCUT2D eigenvalue weighted by Gasteiger charge is 2.11. The Kier molecular flexibility index (Phi) is 4.21. The predicted octanol–water partition coefficient (Wildman–Crippen LogP) is 4.31. The van der Waals surface area contributed by atoms with E-state index in [0.717, 1.165) is 10.7 Å². The Hall–Kier alpha value is -1.55. The Bertz CT molecular complexity index is 515. The molecule has 3 nitrogen and oxygen atoms in total. The maximum absolute atomic E-state index is 4.35. The number of nitrogens with one attached hydrogen (secondary N) is 1. The molecule has 2 aromatic rings. The van der Waals surface area contributed by atoms with Crippen LogP contribution in [0.25, 0.3) is 0 Å². The van der Waals surface area contributed by atoms with Crippen molar-refractivity contribution in [3.63, 3.8) is 0 Å². The van der Waals surface area contributed by atoms with Crippen LogP contribution in [0.4, 0.5) is 11.4 Å². The van der Waals surface area contributed by atoms with Crippen molar-refractivity contribution in [2.45, 2.75) is 32.2 Å². The van der Waals surface area contributed by atoms with Crippen molar-refractivity contribution in [1.29, 1.82) is 0 Å².